The van der Waals surface area contributed by atoms with Crippen molar-refractivity contribution in [1.82, 2.24) is 14.8 Å². The molecular formula is C16H18BrN5O2. The van der Waals surface area contributed by atoms with Gasteiger partial charge >= 0.3 is 0 Å². The van der Waals surface area contributed by atoms with E-state index >= 15 is 0 Å². The van der Waals surface area contributed by atoms with Gasteiger partial charge in [-0.3, -0.25) is 4.79 Å². The number of amides is 1. The van der Waals surface area contributed by atoms with Crippen LogP contribution < -0.4 is 11.1 Å². The van der Waals surface area contributed by atoms with Crippen molar-refractivity contribution in [2.24, 2.45) is 11.7 Å². The van der Waals surface area contributed by atoms with E-state index in [-0.39, 0.29) is 6.61 Å². The third-order valence-electron chi connectivity index (χ3n) is 3.96. The Hall–Kier alpha value is -2.19. The molecule has 0 saturated heterocycles. The molecule has 126 valence electrons. The Kier molecular flexibility index (Phi) is 4.68. The van der Waals surface area contributed by atoms with Crippen molar-refractivity contribution in [3.63, 3.8) is 0 Å². The Bertz CT molecular complexity index is 789. The SMILES string of the molecule is C=C1Nc2nc(CCCO)nn2[C@H](c2cccc(Br)c2)[C@H]1C(N)=O. The summed E-state index contributed by atoms with van der Waals surface area (Å²) in [6.07, 6.45) is 1.13. The number of anilines is 1. The number of rotatable bonds is 5. The molecular weight excluding hydrogens is 374 g/mol. The number of halogens is 1. The van der Waals surface area contributed by atoms with Crippen LogP contribution >= 0.6 is 15.9 Å². The van der Waals surface area contributed by atoms with Crippen LogP contribution in [0.15, 0.2) is 41.0 Å². The lowest BCUT2D eigenvalue weighted by atomic mass is 9.89. The quantitative estimate of drug-likeness (QED) is 0.717. The van der Waals surface area contributed by atoms with E-state index in [1.54, 1.807) is 4.68 Å². The van der Waals surface area contributed by atoms with Crippen LogP contribution in [0.1, 0.15) is 23.9 Å². The summed E-state index contributed by atoms with van der Waals surface area (Å²) >= 11 is 3.45. The topological polar surface area (TPSA) is 106 Å². The summed E-state index contributed by atoms with van der Waals surface area (Å²) in [5.74, 6) is 0.00890. The van der Waals surface area contributed by atoms with E-state index in [1.165, 1.54) is 0 Å². The monoisotopic (exact) mass is 391 g/mol. The van der Waals surface area contributed by atoms with E-state index in [4.69, 9.17) is 10.8 Å². The average Bonchev–Trinajstić information content (AvgIpc) is 2.93. The van der Waals surface area contributed by atoms with Crippen LogP contribution in [-0.4, -0.2) is 32.4 Å². The molecule has 0 radical (unpaired) electrons. The molecule has 1 aromatic carbocycles. The number of carbonyl (C=O) groups is 1. The lowest BCUT2D eigenvalue weighted by Gasteiger charge is -2.32. The summed E-state index contributed by atoms with van der Waals surface area (Å²) in [4.78, 5) is 16.5. The Morgan fingerprint density at radius 1 is 1.50 bits per heavy atom. The number of aliphatic hydroxyl groups excluding tert-OH is 1. The van der Waals surface area contributed by atoms with Crippen LogP contribution in [0.5, 0.6) is 0 Å². The molecule has 0 spiro atoms. The fourth-order valence-corrected chi connectivity index (χ4v) is 3.31. The zero-order valence-corrected chi connectivity index (χ0v) is 14.5. The van der Waals surface area contributed by atoms with Crippen molar-refractivity contribution in [2.45, 2.75) is 18.9 Å². The zero-order chi connectivity index (χ0) is 17.3. The molecule has 8 heteroatoms. The van der Waals surface area contributed by atoms with Gasteiger partial charge in [0, 0.05) is 23.2 Å². The van der Waals surface area contributed by atoms with E-state index in [0.29, 0.717) is 30.3 Å². The van der Waals surface area contributed by atoms with E-state index in [0.717, 1.165) is 10.0 Å². The van der Waals surface area contributed by atoms with Crippen molar-refractivity contribution in [1.29, 1.82) is 0 Å². The largest absolute Gasteiger partial charge is 0.396 e. The highest BCUT2D eigenvalue weighted by molar-refractivity contribution is 9.10. The summed E-state index contributed by atoms with van der Waals surface area (Å²) in [6.45, 7) is 4.01. The number of nitrogens with one attached hydrogen (secondary N) is 1. The second kappa shape index (κ2) is 6.74. The molecule has 0 saturated carbocycles. The molecule has 24 heavy (non-hydrogen) atoms. The van der Waals surface area contributed by atoms with Crippen molar-refractivity contribution < 1.29 is 9.90 Å². The summed E-state index contributed by atoms with van der Waals surface area (Å²) in [5.41, 5.74) is 7.01. The molecule has 7 nitrogen and oxygen atoms in total. The van der Waals surface area contributed by atoms with Crippen molar-refractivity contribution >= 4 is 27.8 Å². The predicted molar refractivity (Wildman–Crippen MR) is 93.2 cm³/mol. The third-order valence-corrected chi connectivity index (χ3v) is 4.45. The molecule has 0 aliphatic carbocycles. The van der Waals surface area contributed by atoms with Gasteiger partial charge < -0.3 is 16.2 Å². The normalized spacial score (nSPS) is 19.7. The predicted octanol–water partition coefficient (Wildman–Crippen LogP) is 1.60. The highest BCUT2D eigenvalue weighted by Gasteiger charge is 2.39. The number of aryl methyl sites for hydroxylation is 1. The molecule has 3 rings (SSSR count). The number of hydrogen-bond acceptors (Lipinski definition) is 5. The van der Waals surface area contributed by atoms with Crippen molar-refractivity contribution in [3.05, 3.63) is 52.4 Å². The van der Waals surface area contributed by atoms with Crippen LogP contribution in [-0.2, 0) is 11.2 Å². The lowest BCUT2D eigenvalue weighted by Crippen LogP contribution is -2.40. The molecule has 2 atom stereocenters. The summed E-state index contributed by atoms with van der Waals surface area (Å²) in [7, 11) is 0. The molecule has 2 heterocycles. The number of aromatic nitrogens is 3. The average molecular weight is 392 g/mol. The minimum absolute atomic E-state index is 0.0724. The molecule has 0 unspecified atom stereocenters. The molecule has 4 N–H and O–H groups in total. The van der Waals surface area contributed by atoms with Crippen LogP contribution in [0.3, 0.4) is 0 Å². The van der Waals surface area contributed by atoms with Crippen molar-refractivity contribution in [3.8, 4) is 0 Å². The molecule has 1 aliphatic heterocycles. The van der Waals surface area contributed by atoms with E-state index in [1.807, 2.05) is 24.3 Å². The number of nitrogens with two attached hydrogens (primary N) is 1. The first-order chi connectivity index (χ1) is 11.5. The maximum atomic E-state index is 12.0. The smallest absolute Gasteiger partial charge is 0.229 e. The third kappa shape index (κ3) is 3.07. The van der Waals surface area contributed by atoms with E-state index in [9.17, 15) is 4.79 Å². The number of benzene rings is 1. The number of nitrogens with zero attached hydrogens (tertiary/aromatic N) is 3. The Morgan fingerprint density at radius 2 is 2.29 bits per heavy atom. The first-order valence-electron chi connectivity index (χ1n) is 7.58. The maximum Gasteiger partial charge on any atom is 0.229 e. The molecule has 0 bridgehead atoms. The number of primary amides is 1. The van der Waals surface area contributed by atoms with Gasteiger partial charge in [0.2, 0.25) is 11.9 Å². The standard InChI is InChI=1S/C16H18BrN5O2/c1-9-13(15(18)24)14(10-4-2-5-11(17)8-10)22-16(19-9)20-12(21-22)6-3-7-23/h2,4-5,8,13-14,23H,1,3,6-7H2,(H2,18,24)(H,19,20,21)/t13-,14+/m0/s1. The Morgan fingerprint density at radius 3 is 2.96 bits per heavy atom. The second-order valence-corrected chi connectivity index (χ2v) is 6.57. The zero-order valence-electron chi connectivity index (χ0n) is 12.9. The van der Waals surface area contributed by atoms with Gasteiger partial charge in [0.25, 0.3) is 0 Å². The molecule has 1 aromatic heterocycles. The molecule has 2 aromatic rings. The molecule has 1 amide bonds. The van der Waals surface area contributed by atoms with Crippen LogP contribution in [0.25, 0.3) is 0 Å². The number of carbonyl (C=O) groups excluding carboxylic acids is 1. The summed E-state index contributed by atoms with van der Waals surface area (Å²) < 4.78 is 2.58. The van der Waals surface area contributed by atoms with E-state index < -0.39 is 17.9 Å². The molecule has 1 aliphatic rings. The first-order valence-corrected chi connectivity index (χ1v) is 8.37. The van der Waals surface area contributed by atoms with Gasteiger partial charge in [0.1, 0.15) is 5.92 Å². The number of fused-ring (bicyclic) bond motifs is 1. The van der Waals surface area contributed by atoms with Gasteiger partial charge in [-0.15, -0.1) is 0 Å². The lowest BCUT2D eigenvalue weighted by molar-refractivity contribution is -0.121. The van der Waals surface area contributed by atoms with E-state index in [2.05, 4.69) is 37.9 Å². The fraction of sp³-hybridized carbons (Fsp3) is 0.312. The van der Waals surface area contributed by atoms with Crippen LogP contribution in [0.4, 0.5) is 5.95 Å². The van der Waals surface area contributed by atoms with Crippen molar-refractivity contribution in [2.75, 3.05) is 11.9 Å². The highest BCUT2D eigenvalue weighted by Crippen LogP contribution is 2.37. The van der Waals surface area contributed by atoms with Gasteiger partial charge in [-0.2, -0.15) is 10.1 Å². The first kappa shape index (κ1) is 16.7. The van der Waals surface area contributed by atoms with Gasteiger partial charge in [-0.05, 0) is 24.1 Å². The second-order valence-electron chi connectivity index (χ2n) is 5.65. The van der Waals surface area contributed by atoms with Gasteiger partial charge in [-0.25, -0.2) is 4.68 Å². The minimum Gasteiger partial charge on any atom is -0.396 e. The summed E-state index contributed by atoms with van der Waals surface area (Å²) in [6, 6.07) is 7.24. The maximum absolute atomic E-state index is 12.0. The number of aliphatic hydroxyl groups is 1. The molecule has 0 fully saturated rings. The minimum atomic E-state index is -0.640. The Labute approximate surface area is 147 Å². The van der Waals surface area contributed by atoms with Gasteiger partial charge in [0.05, 0.1) is 6.04 Å². The number of hydrogen-bond donors (Lipinski definition) is 3. The van der Waals surface area contributed by atoms with Gasteiger partial charge in [0.15, 0.2) is 5.82 Å². The Balaban J connectivity index is 2.09. The fourth-order valence-electron chi connectivity index (χ4n) is 2.89. The highest BCUT2D eigenvalue weighted by atomic mass is 79.9. The van der Waals surface area contributed by atoms with Crippen LogP contribution in [0.2, 0.25) is 0 Å². The van der Waals surface area contributed by atoms with Crippen LogP contribution in [0, 0.1) is 5.92 Å². The summed E-state index contributed by atoms with van der Waals surface area (Å²) in [5, 5.41) is 16.5. The van der Waals surface area contributed by atoms with Gasteiger partial charge in [-0.1, -0.05) is 34.6 Å².